The predicted molar refractivity (Wildman–Crippen MR) is 537 cm³/mol. The third-order valence-corrected chi connectivity index (χ3v) is 30.9. The number of aryl methyl sites for hydroxylation is 1. The zero-order valence-electron chi connectivity index (χ0n) is 75.7. The molecule has 1 aliphatic carbocycles. The topological polar surface area (TPSA) is 228 Å². The van der Waals surface area contributed by atoms with E-state index in [4.69, 9.17) is 9.72 Å². The average Bonchev–Trinajstić information content (AvgIpc) is 1.52. The molecule has 18 nitrogen and oxygen atoms in total. The van der Waals surface area contributed by atoms with Crippen LogP contribution in [0.4, 0.5) is 13.2 Å². The summed E-state index contributed by atoms with van der Waals surface area (Å²) in [6.45, 7) is 6.65. The molecular formula is C115H78F3Ir3N17OSeSi-6. The van der Waals surface area contributed by atoms with Gasteiger partial charge < -0.3 is 9.97 Å². The molecule has 9 aromatic heterocycles. The van der Waals surface area contributed by atoms with E-state index in [1.165, 1.54) is 96.2 Å². The van der Waals surface area contributed by atoms with Gasteiger partial charge >= 0.3 is 170 Å². The maximum absolute atomic E-state index is 12.5. The first-order valence-corrected chi connectivity index (χ1v) is 47.8. The maximum Gasteiger partial charge on any atom is 0.381 e. The predicted octanol–water partition coefficient (Wildman–Crippen LogP) is 21.7. The van der Waals surface area contributed by atoms with Crippen molar-refractivity contribution in [1.29, 1.82) is 0 Å². The molecule has 141 heavy (non-hydrogen) atoms. The number of benzene rings is 13. The molecular weight excluding hydrogens is 2380 g/mol. The molecule has 10 heterocycles. The number of pyridine rings is 5. The van der Waals surface area contributed by atoms with Gasteiger partial charge in [0.05, 0.1) is 0 Å². The monoisotopic (exact) mass is 2460 g/mol. The van der Waals surface area contributed by atoms with Crippen molar-refractivity contribution in [2.75, 3.05) is 7.11 Å². The fraction of sp³-hybridized carbons (Fsp3) is 0.0522. The molecule has 24 rings (SSSR count). The Balaban J connectivity index is 0.000000123. The van der Waals surface area contributed by atoms with E-state index in [0.29, 0.717) is 34.7 Å². The van der Waals surface area contributed by atoms with Crippen molar-refractivity contribution in [3.05, 3.63) is 460 Å². The number of nitrogens with zero attached hydrogens (tertiary/aromatic N) is 17. The summed E-state index contributed by atoms with van der Waals surface area (Å²) < 4.78 is 45.6. The number of aromatic nitrogens is 17. The number of rotatable bonds is 13. The van der Waals surface area contributed by atoms with Crippen LogP contribution in [0.3, 0.4) is 0 Å². The summed E-state index contributed by atoms with van der Waals surface area (Å²) in [6.07, 6.45) is 4.50. The van der Waals surface area contributed by atoms with Crippen LogP contribution in [-0.2, 0) is 71.9 Å². The van der Waals surface area contributed by atoms with Crippen molar-refractivity contribution >= 4 is 62.6 Å². The maximum atomic E-state index is 12.5. The van der Waals surface area contributed by atoms with Crippen molar-refractivity contribution in [1.82, 2.24) is 86.1 Å². The number of fused-ring (bicyclic) bond motifs is 9. The minimum absolute atomic E-state index is 0. The fourth-order valence-corrected chi connectivity index (χ4v) is 25.1. The van der Waals surface area contributed by atoms with E-state index in [1.54, 1.807) is 43.8 Å². The van der Waals surface area contributed by atoms with Crippen molar-refractivity contribution in [3.8, 4) is 141 Å². The van der Waals surface area contributed by atoms with Crippen LogP contribution < -0.4 is 25.5 Å². The van der Waals surface area contributed by atoms with E-state index >= 15 is 0 Å². The fourth-order valence-electron chi connectivity index (χ4n) is 16.9. The van der Waals surface area contributed by atoms with Crippen LogP contribution in [0, 0.1) is 43.3 Å². The molecule has 2 aliphatic rings. The van der Waals surface area contributed by atoms with Gasteiger partial charge in [0.25, 0.3) is 0 Å². The second-order valence-electron chi connectivity index (χ2n) is 32.2. The largest absolute Gasteiger partial charge is 0.381 e. The molecule has 693 valence electrons. The molecule has 0 amide bonds. The number of ether oxygens (including phenoxy) is 1. The van der Waals surface area contributed by atoms with Gasteiger partial charge in [0.2, 0.25) is 17.5 Å². The van der Waals surface area contributed by atoms with E-state index in [2.05, 4.69) is 332 Å². The summed E-state index contributed by atoms with van der Waals surface area (Å²) in [5.41, 5.74) is 21.2. The zero-order chi connectivity index (χ0) is 94.2. The third-order valence-electron chi connectivity index (χ3n) is 23.3. The second kappa shape index (κ2) is 45.5. The van der Waals surface area contributed by atoms with Crippen LogP contribution in [0.15, 0.2) is 401 Å². The summed E-state index contributed by atoms with van der Waals surface area (Å²) in [5.74, 6) is 3.08. The van der Waals surface area contributed by atoms with Gasteiger partial charge in [-0.15, -0.1) is 190 Å². The molecule has 0 N–H and O–H groups in total. The molecule has 1 aliphatic heterocycles. The zero-order valence-corrected chi connectivity index (χ0v) is 85.6. The Hall–Kier alpha value is -15.3. The molecule has 0 saturated heterocycles. The summed E-state index contributed by atoms with van der Waals surface area (Å²) in [4.78, 5) is 22.1. The van der Waals surface area contributed by atoms with Gasteiger partial charge in [-0.05, 0) is 87.1 Å². The molecule has 0 bridgehead atoms. The van der Waals surface area contributed by atoms with Crippen molar-refractivity contribution in [3.63, 3.8) is 0 Å². The SMILES string of the molecule is COc1ccc(-c2cccc3c2[se]c2c(-c4ccccn4)[c-]ccc23)cc1.Cc1ccc(-c2[c-]ccc3c2C(C)(C)c2ccccc2-3)nc1.FC(F)(F)c1c[c-]c(-c2nnc(-c3ccccn3)nn2)cc1.[Ir].[Ir].[Ir].[c-]1ccc2c(c1-c1ccccn1)[Si](c1ccccc1)(c1ccccc1)c1ccccc1-2.[c-]1ccccc1-c1nnc(-c2ccccc2)nn1.[c-]1ccccc1-c1nnc(-c2ccccn2)nn1. The Labute approximate surface area is 860 Å². The first-order valence-electron chi connectivity index (χ1n) is 44.1. The van der Waals surface area contributed by atoms with Crippen LogP contribution in [0.25, 0.3) is 155 Å². The molecule has 26 heteroatoms. The normalized spacial score (nSPS) is 11.7. The van der Waals surface area contributed by atoms with Crippen LogP contribution >= 0.6 is 0 Å². The van der Waals surface area contributed by atoms with Crippen LogP contribution in [0.1, 0.15) is 36.1 Å². The molecule has 0 spiro atoms. The summed E-state index contributed by atoms with van der Waals surface area (Å²) in [7, 11) is -0.825. The molecule has 3 radical (unpaired) electrons. The Morgan fingerprint density at radius 3 is 1.30 bits per heavy atom. The minimum Gasteiger partial charge on any atom is -0.305 e. The van der Waals surface area contributed by atoms with Gasteiger partial charge in [-0.25, -0.2) is 0 Å². The van der Waals surface area contributed by atoms with Crippen molar-refractivity contribution in [2.45, 2.75) is 32.4 Å². The Bertz CT molecular complexity index is 7620. The standard InChI is InChI=1S/C29H20NSi.C24H16NOSe.C21H18N.C14H7F3N5.C14H9N4.C13H8N5.3Ir/c1-3-12-22(13-4-1)31(23-14-5-2-6-15-23)28-20-8-7-16-24(28)25-17-11-18-26(29(25)31)27-19-9-10-21-30-27;1-26-17-13-11-16(12-14-17)18-6-4-7-19-20-8-5-9-21(24(20)27-23(18)19)22-10-2-3-15-25-22;1-14-11-12-19(22-13-14)17-9-6-8-16-15-7-4-5-10-18(15)21(2,3)20(16)17;15-14(16,17)10-6-4-9(5-7-10)12-19-21-13(22-20-12)11-3-1-2-8-18-11;1-3-7-11(8-4-1)13-15-17-14(18-16-13)12-9-5-2-6-10-12;1-2-6-10(7-3-1)12-15-17-13(18-16-12)11-8-4-5-9-14-11;;;/h1-17,19-21H;2-8,10-15H,1H3;4-8,10-13H,1-3H3;1-4,6-8H;1-9H;1-6,8-9H;;;/q6*-1;;;. The van der Waals surface area contributed by atoms with E-state index in [1.807, 2.05) is 152 Å². The summed E-state index contributed by atoms with van der Waals surface area (Å²) in [6, 6.07) is 141. The molecule has 0 fully saturated rings. The summed E-state index contributed by atoms with van der Waals surface area (Å²) in [5, 5.41) is 56.1. The number of hydrogen-bond donors (Lipinski definition) is 0. The van der Waals surface area contributed by atoms with E-state index < -0.39 is 19.8 Å². The van der Waals surface area contributed by atoms with Crippen LogP contribution in [-0.4, -0.2) is 116 Å². The molecule has 0 saturated carbocycles. The number of halogens is 3. The first-order chi connectivity index (χ1) is 67.7. The first kappa shape index (κ1) is 98.7. The van der Waals surface area contributed by atoms with Gasteiger partial charge in [-0.2, -0.15) is 43.8 Å². The van der Waals surface area contributed by atoms with Crippen molar-refractivity contribution < 1.29 is 78.2 Å². The molecule has 22 aromatic rings. The average molecular weight is 2450 g/mol. The number of methoxy groups -OCH3 is 1. The minimum atomic E-state index is -4.41. The Morgan fingerprint density at radius 2 is 0.780 bits per heavy atom. The third kappa shape index (κ3) is 21.6. The molecule has 0 atom stereocenters. The van der Waals surface area contributed by atoms with Gasteiger partial charge in [-0.1, -0.05) is 211 Å². The van der Waals surface area contributed by atoms with E-state index in [0.717, 1.165) is 68.3 Å². The van der Waals surface area contributed by atoms with Crippen molar-refractivity contribution in [2.24, 2.45) is 0 Å². The molecule has 13 aromatic carbocycles. The summed E-state index contributed by atoms with van der Waals surface area (Å²) >= 11 is 0.214. The Morgan fingerprint density at radius 1 is 0.326 bits per heavy atom. The van der Waals surface area contributed by atoms with Gasteiger partial charge in [-0.3, -0.25) is 9.97 Å². The number of alkyl halides is 3. The second-order valence-corrected chi connectivity index (χ2v) is 38.1. The van der Waals surface area contributed by atoms with Gasteiger partial charge in [0, 0.05) is 90.7 Å². The van der Waals surface area contributed by atoms with Gasteiger partial charge in [0.15, 0.2) is 0 Å². The smallest absolute Gasteiger partial charge is 0.305 e. The Kier molecular flexibility index (Phi) is 31.9. The van der Waals surface area contributed by atoms with Crippen LogP contribution in [0.2, 0.25) is 0 Å². The number of hydrogen-bond acceptors (Lipinski definition) is 18. The quantitative estimate of drug-likeness (QED) is 0.0772. The van der Waals surface area contributed by atoms with E-state index in [-0.39, 0.29) is 97.4 Å². The van der Waals surface area contributed by atoms with Gasteiger partial charge in [0.1, 0.15) is 36.9 Å². The van der Waals surface area contributed by atoms with Crippen LogP contribution in [0.5, 0.6) is 5.75 Å². The van der Waals surface area contributed by atoms with E-state index in [9.17, 15) is 13.2 Å². The molecule has 0 unspecified atom stereocenters.